The minimum Gasteiger partial charge on any atom is -0.393 e. The molecule has 0 spiro atoms. The lowest BCUT2D eigenvalue weighted by molar-refractivity contribution is -0.384. The molecule has 0 aliphatic carbocycles. The normalized spacial score (nSPS) is 13.0. The lowest BCUT2D eigenvalue weighted by atomic mass is 10.2. The quantitative estimate of drug-likeness (QED) is 0.422. The third-order valence-electron chi connectivity index (χ3n) is 2.84. The summed E-state index contributed by atoms with van der Waals surface area (Å²) in [6, 6.07) is 3.01. The smallest absolute Gasteiger partial charge is 0.293 e. The van der Waals surface area contributed by atoms with Crippen molar-refractivity contribution in [3.05, 3.63) is 28.3 Å². The maximum atomic E-state index is 12.2. The van der Waals surface area contributed by atoms with Crippen molar-refractivity contribution in [1.82, 2.24) is 4.72 Å². The van der Waals surface area contributed by atoms with Gasteiger partial charge < -0.3 is 10.5 Å². The number of nitrogens with zero attached hydrogens (tertiary/aromatic N) is 1. The van der Waals surface area contributed by atoms with Gasteiger partial charge >= 0.3 is 0 Å². The number of nitrogen functional groups attached to an aromatic ring is 1. The van der Waals surface area contributed by atoms with Crippen molar-refractivity contribution in [3.63, 3.8) is 0 Å². The van der Waals surface area contributed by atoms with Crippen LogP contribution in [-0.4, -0.2) is 33.1 Å². The molecule has 8 nitrogen and oxygen atoms in total. The van der Waals surface area contributed by atoms with Gasteiger partial charge in [0, 0.05) is 19.2 Å². The Morgan fingerprint density at radius 1 is 1.48 bits per heavy atom. The molecule has 1 aromatic carbocycles. The van der Waals surface area contributed by atoms with E-state index in [0.29, 0.717) is 6.42 Å². The highest BCUT2D eigenvalue weighted by molar-refractivity contribution is 7.89. The van der Waals surface area contributed by atoms with E-state index in [-0.39, 0.29) is 23.2 Å². The number of hydrogen-bond acceptors (Lipinski definition) is 6. The summed E-state index contributed by atoms with van der Waals surface area (Å²) in [6.07, 6.45) is 1.38. The van der Waals surface area contributed by atoms with Crippen LogP contribution in [0.15, 0.2) is 23.1 Å². The Labute approximate surface area is 123 Å². The maximum Gasteiger partial charge on any atom is 0.293 e. The number of nitro benzene ring substituents is 1. The molecule has 9 heteroatoms. The lowest BCUT2D eigenvalue weighted by Gasteiger charge is -2.17. The number of nitro groups is 1. The summed E-state index contributed by atoms with van der Waals surface area (Å²) >= 11 is 0. The molecule has 1 aromatic rings. The summed E-state index contributed by atoms with van der Waals surface area (Å²) in [6.45, 7) is 2.15. The van der Waals surface area contributed by atoms with Crippen molar-refractivity contribution in [2.45, 2.75) is 30.7 Å². The molecule has 0 fully saturated rings. The molecule has 1 unspecified atom stereocenters. The third-order valence-corrected chi connectivity index (χ3v) is 4.35. The molecule has 0 bridgehead atoms. The van der Waals surface area contributed by atoms with Gasteiger partial charge in [0.15, 0.2) is 0 Å². The highest BCUT2D eigenvalue weighted by Crippen LogP contribution is 2.24. The molecular formula is C12H19N3O5S. The predicted octanol–water partition coefficient (Wildman–Crippen LogP) is 1.27. The first kappa shape index (κ1) is 17.3. The molecule has 0 saturated heterocycles. The van der Waals surface area contributed by atoms with Crippen LogP contribution in [0, 0.1) is 10.1 Å². The first-order valence-corrected chi connectivity index (χ1v) is 7.85. The minimum absolute atomic E-state index is 0.0825. The predicted molar refractivity (Wildman–Crippen MR) is 78.4 cm³/mol. The average Bonchev–Trinajstić information content (AvgIpc) is 2.38. The van der Waals surface area contributed by atoms with Gasteiger partial charge in [-0.25, -0.2) is 13.1 Å². The van der Waals surface area contributed by atoms with Crippen molar-refractivity contribution in [3.8, 4) is 0 Å². The summed E-state index contributed by atoms with van der Waals surface area (Å²) in [5.74, 6) is 0. The zero-order valence-corrected chi connectivity index (χ0v) is 12.7. The number of ether oxygens (including phenoxy) is 1. The SMILES string of the molecule is CCCC(COC)NS(=O)(=O)c1ccc(N)c([N+](=O)[O-])c1. The van der Waals surface area contributed by atoms with Crippen LogP contribution in [0.25, 0.3) is 0 Å². The number of rotatable bonds is 8. The first-order valence-electron chi connectivity index (χ1n) is 6.37. The fourth-order valence-corrected chi connectivity index (χ4v) is 3.14. The number of sulfonamides is 1. The second kappa shape index (κ2) is 7.34. The second-order valence-electron chi connectivity index (χ2n) is 4.54. The largest absolute Gasteiger partial charge is 0.393 e. The molecule has 1 rings (SSSR count). The highest BCUT2D eigenvalue weighted by atomic mass is 32.2. The van der Waals surface area contributed by atoms with E-state index in [0.717, 1.165) is 12.5 Å². The fourth-order valence-electron chi connectivity index (χ4n) is 1.86. The molecule has 0 amide bonds. The van der Waals surface area contributed by atoms with Gasteiger partial charge in [0.25, 0.3) is 5.69 Å². The number of benzene rings is 1. The Morgan fingerprint density at radius 3 is 2.67 bits per heavy atom. The lowest BCUT2D eigenvalue weighted by Crippen LogP contribution is -2.37. The van der Waals surface area contributed by atoms with E-state index >= 15 is 0 Å². The maximum absolute atomic E-state index is 12.2. The van der Waals surface area contributed by atoms with E-state index in [1.165, 1.54) is 19.2 Å². The van der Waals surface area contributed by atoms with Crippen LogP contribution in [0.2, 0.25) is 0 Å². The van der Waals surface area contributed by atoms with Crippen molar-refractivity contribution in [2.75, 3.05) is 19.5 Å². The van der Waals surface area contributed by atoms with Crippen LogP contribution in [-0.2, 0) is 14.8 Å². The van der Waals surface area contributed by atoms with Crippen LogP contribution < -0.4 is 10.5 Å². The molecule has 0 aliphatic heterocycles. The van der Waals surface area contributed by atoms with Crippen molar-refractivity contribution in [2.24, 2.45) is 0 Å². The van der Waals surface area contributed by atoms with Gasteiger partial charge in [-0.15, -0.1) is 0 Å². The van der Waals surface area contributed by atoms with Gasteiger partial charge in [0.1, 0.15) is 5.69 Å². The molecular weight excluding hydrogens is 298 g/mol. The molecule has 0 aliphatic rings. The first-order chi connectivity index (χ1) is 9.81. The summed E-state index contributed by atoms with van der Waals surface area (Å²) in [4.78, 5) is 9.91. The molecule has 118 valence electrons. The van der Waals surface area contributed by atoms with E-state index in [4.69, 9.17) is 10.5 Å². The van der Waals surface area contributed by atoms with E-state index in [9.17, 15) is 18.5 Å². The topological polar surface area (TPSA) is 125 Å². The highest BCUT2D eigenvalue weighted by Gasteiger charge is 2.23. The monoisotopic (exact) mass is 317 g/mol. The number of nitrogens with two attached hydrogens (primary N) is 1. The molecule has 0 radical (unpaired) electrons. The van der Waals surface area contributed by atoms with Gasteiger partial charge in [0.05, 0.1) is 16.4 Å². The number of hydrogen-bond donors (Lipinski definition) is 2. The Balaban J connectivity index is 3.07. The Kier molecular flexibility index (Phi) is 6.06. The summed E-state index contributed by atoms with van der Waals surface area (Å²) < 4.78 is 31.9. The van der Waals surface area contributed by atoms with E-state index in [1.54, 1.807) is 0 Å². The molecule has 1 atom stereocenters. The van der Waals surface area contributed by atoms with E-state index < -0.39 is 20.6 Å². The van der Waals surface area contributed by atoms with Crippen LogP contribution in [0.4, 0.5) is 11.4 Å². The summed E-state index contributed by atoms with van der Waals surface area (Å²) in [5, 5.41) is 10.8. The van der Waals surface area contributed by atoms with Crippen molar-refractivity contribution >= 4 is 21.4 Å². The van der Waals surface area contributed by atoms with Gasteiger partial charge in [-0.2, -0.15) is 0 Å². The Bertz CT molecular complexity index is 597. The second-order valence-corrected chi connectivity index (χ2v) is 6.25. The van der Waals surface area contributed by atoms with Gasteiger partial charge in [-0.3, -0.25) is 10.1 Å². The van der Waals surface area contributed by atoms with Crippen LogP contribution in [0.5, 0.6) is 0 Å². The van der Waals surface area contributed by atoms with Crippen molar-refractivity contribution < 1.29 is 18.1 Å². The summed E-state index contributed by atoms with van der Waals surface area (Å²) in [5.41, 5.74) is 4.94. The Hall–Kier alpha value is -1.71. The number of methoxy groups -OCH3 is 1. The molecule has 0 saturated carbocycles. The van der Waals surface area contributed by atoms with E-state index in [2.05, 4.69) is 4.72 Å². The van der Waals surface area contributed by atoms with Gasteiger partial charge in [-0.1, -0.05) is 13.3 Å². The zero-order chi connectivity index (χ0) is 16.0. The summed E-state index contributed by atoms with van der Waals surface area (Å²) in [7, 11) is -2.39. The Morgan fingerprint density at radius 2 is 2.14 bits per heavy atom. The van der Waals surface area contributed by atoms with Crippen molar-refractivity contribution in [1.29, 1.82) is 0 Å². The van der Waals surface area contributed by atoms with E-state index in [1.807, 2.05) is 6.92 Å². The van der Waals surface area contributed by atoms with Crippen LogP contribution >= 0.6 is 0 Å². The van der Waals surface area contributed by atoms with Gasteiger partial charge in [0.2, 0.25) is 10.0 Å². The zero-order valence-electron chi connectivity index (χ0n) is 11.9. The van der Waals surface area contributed by atoms with Gasteiger partial charge in [-0.05, 0) is 18.6 Å². The minimum atomic E-state index is -3.87. The molecule has 0 heterocycles. The molecule has 21 heavy (non-hydrogen) atoms. The standard InChI is InChI=1S/C12H19N3O5S/c1-3-4-9(8-20-2)14-21(18,19)10-5-6-11(13)12(7-10)15(16)17/h5-7,9,14H,3-4,8,13H2,1-2H3. The van der Waals surface area contributed by atoms with Crippen LogP contribution in [0.3, 0.4) is 0 Å². The van der Waals surface area contributed by atoms with Crippen LogP contribution in [0.1, 0.15) is 19.8 Å². The third kappa shape index (κ3) is 4.66. The fraction of sp³-hybridized carbons (Fsp3) is 0.500. The average molecular weight is 317 g/mol. The number of nitrogens with one attached hydrogen (secondary N) is 1. The molecule has 3 N–H and O–H groups in total. The molecule has 0 aromatic heterocycles. The number of anilines is 1.